The van der Waals surface area contributed by atoms with Crippen molar-refractivity contribution in [1.29, 1.82) is 0 Å². The number of carbonyl (C=O) groups is 1. The molecule has 1 N–H and O–H groups in total. The lowest BCUT2D eigenvalue weighted by molar-refractivity contribution is 0.0767. The summed E-state index contributed by atoms with van der Waals surface area (Å²) in [6.07, 6.45) is 5.63. The minimum absolute atomic E-state index is 0.0755. The molecule has 2 aliphatic rings. The summed E-state index contributed by atoms with van der Waals surface area (Å²) in [5, 5.41) is 9.14. The van der Waals surface area contributed by atoms with E-state index in [4.69, 9.17) is 5.11 Å². The number of halogens is 1. The van der Waals surface area contributed by atoms with Crippen molar-refractivity contribution in [3.8, 4) is 11.1 Å². The van der Waals surface area contributed by atoms with Gasteiger partial charge in [0, 0.05) is 54.8 Å². The Kier molecular flexibility index (Phi) is 4.70. The number of carbonyl (C=O) groups excluding carboxylic acids is 1. The number of hydrogen-bond acceptors (Lipinski definition) is 5. The van der Waals surface area contributed by atoms with E-state index in [0.29, 0.717) is 11.5 Å². The van der Waals surface area contributed by atoms with Crippen molar-refractivity contribution in [3.05, 3.63) is 71.8 Å². The van der Waals surface area contributed by atoms with Crippen LogP contribution < -0.4 is 4.90 Å². The summed E-state index contributed by atoms with van der Waals surface area (Å²) in [6.45, 7) is 0.994. The predicted octanol–water partition coefficient (Wildman–Crippen LogP) is 3.53. The van der Waals surface area contributed by atoms with Gasteiger partial charge in [-0.3, -0.25) is 4.79 Å². The molecule has 158 valence electrons. The van der Waals surface area contributed by atoms with E-state index in [0.717, 1.165) is 36.2 Å². The fourth-order valence-electron chi connectivity index (χ4n) is 4.32. The number of aliphatic hydroxyl groups excluding tert-OH is 1. The Balaban J connectivity index is 1.48. The van der Waals surface area contributed by atoms with Crippen molar-refractivity contribution in [2.45, 2.75) is 18.3 Å². The van der Waals surface area contributed by atoms with Crippen LogP contribution in [0.2, 0.25) is 0 Å². The normalized spacial score (nSPS) is 15.8. The Morgan fingerprint density at radius 2 is 1.94 bits per heavy atom. The molecule has 0 unspecified atom stereocenters. The van der Waals surface area contributed by atoms with Gasteiger partial charge >= 0.3 is 0 Å². The number of fused-ring (bicyclic) bond motifs is 2. The van der Waals surface area contributed by atoms with Crippen LogP contribution in [0, 0.1) is 5.82 Å². The van der Waals surface area contributed by atoms with Crippen molar-refractivity contribution in [2.75, 3.05) is 31.6 Å². The van der Waals surface area contributed by atoms with Crippen molar-refractivity contribution in [1.82, 2.24) is 14.9 Å². The highest BCUT2D eigenvalue weighted by molar-refractivity contribution is 5.96. The summed E-state index contributed by atoms with van der Waals surface area (Å²) >= 11 is 0. The number of amides is 1. The average Bonchev–Trinajstić information content (AvgIpc) is 3.50. The molecule has 1 spiro atoms. The van der Waals surface area contributed by atoms with Crippen LogP contribution in [0.15, 0.2) is 54.9 Å². The van der Waals surface area contributed by atoms with Gasteiger partial charge in [0.15, 0.2) is 0 Å². The molecule has 1 saturated carbocycles. The first-order chi connectivity index (χ1) is 15.0. The van der Waals surface area contributed by atoms with Crippen LogP contribution >= 0.6 is 0 Å². The molecule has 0 bridgehead atoms. The van der Waals surface area contributed by atoms with Gasteiger partial charge in [-0.2, -0.15) is 0 Å². The highest BCUT2D eigenvalue weighted by Gasteiger charge is 2.52. The molecule has 1 aliphatic carbocycles. The van der Waals surface area contributed by atoms with Gasteiger partial charge in [0.25, 0.3) is 5.91 Å². The van der Waals surface area contributed by atoms with Gasteiger partial charge in [0.1, 0.15) is 5.82 Å². The van der Waals surface area contributed by atoms with E-state index < -0.39 is 0 Å². The maximum atomic E-state index is 13.5. The first-order valence-corrected chi connectivity index (χ1v) is 10.4. The number of rotatable bonds is 5. The van der Waals surface area contributed by atoms with E-state index >= 15 is 0 Å². The van der Waals surface area contributed by atoms with Crippen LogP contribution in [0.1, 0.15) is 28.8 Å². The number of benzene rings is 2. The second-order valence-electron chi connectivity index (χ2n) is 8.33. The third-order valence-electron chi connectivity index (χ3n) is 6.24. The average molecular weight is 418 g/mol. The monoisotopic (exact) mass is 418 g/mol. The molecule has 3 aromatic rings. The molecule has 1 fully saturated rings. The largest absolute Gasteiger partial charge is 0.395 e. The van der Waals surface area contributed by atoms with Gasteiger partial charge < -0.3 is 14.9 Å². The molecule has 0 radical (unpaired) electrons. The minimum atomic E-state index is -0.297. The Morgan fingerprint density at radius 1 is 1.16 bits per heavy atom. The molecule has 1 amide bonds. The lowest BCUT2D eigenvalue weighted by Crippen LogP contribution is -2.29. The van der Waals surface area contributed by atoms with Crippen molar-refractivity contribution in [2.24, 2.45) is 0 Å². The van der Waals surface area contributed by atoms with E-state index in [1.54, 1.807) is 25.5 Å². The Bertz CT molecular complexity index is 1140. The van der Waals surface area contributed by atoms with Gasteiger partial charge in [-0.05, 0) is 48.2 Å². The molecule has 0 atom stereocenters. The summed E-state index contributed by atoms with van der Waals surface area (Å²) in [7, 11) is 1.68. The SMILES string of the molecule is CN(CCO)C(=O)c1ccc2c(c1)N(c1ncc(-c3cccc(F)c3)cn1)CC21CC1. The maximum Gasteiger partial charge on any atom is 0.253 e. The standard InChI is InChI=1S/C24H23FN4O2/c1-28(9-10-30)22(31)17-5-6-20-21(12-17)29(15-24(20)7-8-24)23-26-13-18(14-27-23)16-3-2-4-19(25)11-16/h2-6,11-14,30H,7-10,15H2,1H3. The zero-order valence-corrected chi connectivity index (χ0v) is 17.3. The molecule has 7 heteroatoms. The van der Waals surface area contributed by atoms with Gasteiger partial charge in [0.05, 0.1) is 6.61 Å². The lowest BCUT2D eigenvalue weighted by Gasteiger charge is -2.19. The van der Waals surface area contributed by atoms with Crippen molar-refractivity contribution < 1.29 is 14.3 Å². The Morgan fingerprint density at radius 3 is 2.61 bits per heavy atom. The molecule has 1 aromatic heterocycles. The summed E-state index contributed by atoms with van der Waals surface area (Å²) in [4.78, 5) is 25.4. The fourth-order valence-corrected chi connectivity index (χ4v) is 4.32. The second kappa shape index (κ2) is 7.42. The highest BCUT2D eigenvalue weighted by Crippen LogP contribution is 2.57. The molecule has 5 rings (SSSR count). The van der Waals surface area contributed by atoms with Gasteiger partial charge in [-0.1, -0.05) is 18.2 Å². The van der Waals surface area contributed by atoms with Gasteiger partial charge in [0.2, 0.25) is 5.95 Å². The number of aliphatic hydroxyl groups is 1. The van der Waals surface area contributed by atoms with Crippen LogP contribution in [-0.4, -0.2) is 52.6 Å². The van der Waals surface area contributed by atoms with Gasteiger partial charge in [-0.25, -0.2) is 14.4 Å². The van der Waals surface area contributed by atoms with Crippen molar-refractivity contribution in [3.63, 3.8) is 0 Å². The summed E-state index contributed by atoms with van der Waals surface area (Å²) in [6, 6.07) is 12.2. The predicted molar refractivity (Wildman–Crippen MR) is 116 cm³/mol. The Labute approximate surface area is 180 Å². The van der Waals surface area contributed by atoms with E-state index in [2.05, 4.69) is 14.9 Å². The number of likely N-dealkylation sites (N-methyl/N-ethyl adjacent to an activating group) is 1. The van der Waals surface area contributed by atoms with E-state index in [1.165, 1.54) is 22.6 Å². The smallest absolute Gasteiger partial charge is 0.253 e. The molecular weight excluding hydrogens is 395 g/mol. The highest BCUT2D eigenvalue weighted by atomic mass is 19.1. The molecule has 0 saturated heterocycles. The van der Waals surface area contributed by atoms with Crippen LogP contribution in [0.25, 0.3) is 11.1 Å². The first kappa shape index (κ1) is 19.6. The summed E-state index contributed by atoms with van der Waals surface area (Å²) in [5.74, 6) is 0.142. The second-order valence-corrected chi connectivity index (χ2v) is 8.33. The number of anilines is 2. The quantitative estimate of drug-likeness (QED) is 0.687. The number of aromatic nitrogens is 2. The van der Waals surface area contributed by atoms with Crippen LogP contribution in [0.5, 0.6) is 0 Å². The fraction of sp³-hybridized carbons (Fsp3) is 0.292. The molecule has 6 nitrogen and oxygen atoms in total. The molecule has 1 aliphatic heterocycles. The zero-order chi connectivity index (χ0) is 21.6. The third-order valence-corrected chi connectivity index (χ3v) is 6.24. The molecule has 2 aromatic carbocycles. The van der Waals surface area contributed by atoms with Crippen LogP contribution in [-0.2, 0) is 5.41 Å². The molecule has 2 heterocycles. The molecular formula is C24H23FN4O2. The van der Waals surface area contributed by atoms with E-state index in [9.17, 15) is 9.18 Å². The van der Waals surface area contributed by atoms with E-state index in [-0.39, 0.29) is 30.3 Å². The van der Waals surface area contributed by atoms with Gasteiger partial charge in [-0.15, -0.1) is 0 Å². The topological polar surface area (TPSA) is 69.6 Å². The summed E-state index contributed by atoms with van der Waals surface area (Å²) in [5.41, 5.74) is 4.35. The van der Waals surface area contributed by atoms with E-state index in [1.807, 2.05) is 24.3 Å². The maximum absolute atomic E-state index is 13.5. The number of nitrogens with zero attached hydrogens (tertiary/aromatic N) is 4. The van der Waals surface area contributed by atoms with Crippen molar-refractivity contribution >= 4 is 17.5 Å². The van der Waals surface area contributed by atoms with Crippen LogP contribution in [0.3, 0.4) is 0 Å². The molecule has 31 heavy (non-hydrogen) atoms. The number of hydrogen-bond donors (Lipinski definition) is 1. The third kappa shape index (κ3) is 3.45. The Hall–Kier alpha value is -3.32. The minimum Gasteiger partial charge on any atom is -0.395 e. The zero-order valence-electron chi connectivity index (χ0n) is 17.3. The van der Waals surface area contributed by atoms with Crippen LogP contribution in [0.4, 0.5) is 16.0 Å². The lowest BCUT2D eigenvalue weighted by atomic mass is 9.97. The summed E-state index contributed by atoms with van der Waals surface area (Å²) < 4.78 is 13.5. The first-order valence-electron chi connectivity index (χ1n) is 10.4.